The molecule has 0 radical (unpaired) electrons. The maximum Gasteiger partial charge on any atom is 0.327 e. The van der Waals surface area contributed by atoms with Crippen LogP contribution in [0.5, 0.6) is 0 Å². The SMILES string of the molecule is CCN1CCCC1C1(C(=O)OC)CCCN1. The molecule has 0 aromatic rings. The maximum atomic E-state index is 12.1. The molecule has 0 amide bonds. The van der Waals surface area contributed by atoms with Gasteiger partial charge in [-0.15, -0.1) is 0 Å². The number of nitrogens with zero attached hydrogens (tertiary/aromatic N) is 1. The van der Waals surface area contributed by atoms with Crippen LogP contribution in [-0.4, -0.2) is 49.2 Å². The molecule has 2 saturated heterocycles. The lowest BCUT2D eigenvalue weighted by molar-refractivity contribution is -0.150. The Hall–Kier alpha value is -0.610. The summed E-state index contributed by atoms with van der Waals surface area (Å²) in [6, 6.07) is 0.326. The number of carbonyl (C=O) groups excluding carboxylic acids is 1. The van der Waals surface area contributed by atoms with Crippen LogP contribution in [0.1, 0.15) is 32.6 Å². The molecule has 0 spiro atoms. The quantitative estimate of drug-likeness (QED) is 0.722. The van der Waals surface area contributed by atoms with Crippen LogP contribution >= 0.6 is 0 Å². The zero-order chi connectivity index (χ0) is 11.6. The van der Waals surface area contributed by atoms with Gasteiger partial charge in [0.2, 0.25) is 0 Å². The molecule has 16 heavy (non-hydrogen) atoms. The van der Waals surface area contributed by atoms with Crippen LogP contribution in [0, 0.1) is 0 Å². The van der Waals surface area contributed by atoms with Crippen molar-refractivity contribution in [1.29, 1.82) is 0 Å². The third kappa shape index (κ3) is 1.74. The standard InChI is InChI=1S/C12H22N2O2/c1-3-14-9-4-6-10(14)12(11(15)16-2)7-5-8-13-12/h10,13H,3-9H2,1-2H3. The average Bonchev–Trinajstić information content (AvgIpc) is 2.96. The zero-order valence-electron chi connectivity index (χ0n) is 10.3. The van der Waals surface area contributed by atoms with Gasteiger partial charge in [0, 0.05) is 6.04 Å². The highest BCUT2D eigenvalue weighted by molar-refractivity contribution is 5.82. The number of methoxy groups -OCH3 is 1. The van der Waals surface area contributed by atoms with Crippen molar-refractivity contribution in [2.75, 3.05) is 26.7 Å². The minimum atomic E-state index is -0.429. The van der Waals surface area contributed by atoms with Gasteiger partial charge in [-0.2, -0.15) is 0 Å². The molecule has 0 aromatic carbocycles. The van der Waals surface area contributed by atoms with E-state index < -0.39 is 5.54 Å². The Balaban J connectivity index is 2.21. The highest BCUT2D eigenvalue weighted by Gasteiger charge is 2.51. The molecule has 0 bridgehead atoms. The number of rotatable bonds is 3. The molecule has 2 unspecified atom stereocenters. The molecule has 1 N–H and O–H groups in total. The molecule has 0 aliphatic carbocycles. The molecule has 2 fully saturated rings. The number of esters is 1. The van der Waals surface area contributed by atoms with Crippen molar-refractivity contribution in [3.63, 3.8) is 0 Å². The average molecular weight is 226 g/mol. The molecule has 2 heterocycles. The van der Waals surface area contributed by atoms with E-state index in [2.05, 4.69) is 17.1 Å². The number of ether oxygens (including phenoxy) is 1. The van der Waals surface area contributed by atoms with Gasteiger partial charge in [-0.3, -0.25) is 4.90 Å². The minimum Gasteiger partial charge on any atom is -0.468 e. The van der Waals surface area contributed by atoms with Crippen molar-refractivity contribution in [3.8, 4) is 0 Å². The van der Waals surface area contributed by atoms with Crippen molar-refractivity contribution in [2.45, 2.75) is 44.2 Å². The van der Waals surface area contributed by atoms with Crippen LogP contribution in [0.25, 0.3) is 0 Å². The number of nitrogens with one attached hydrogen (secondary N) is 1. The number of hydrogen-bond acceptors (Lipinski definition) is 4. The van der Waals surface area contributed by atoms with E-state index in [9.17, 15) is 4.79 Å². The Morgan fingerprint density at radius 3 is 2.94 bits per heavy atom. The van der Waals surface area contributed by atoms with Crippen LogP contribution in [0.2, 0.25) is 0 Å². The lowest BCUT2D eigenvalue weighted by atomic mass is 9.86. The van der Waals surface area contributed by atoms with Gasteiger partial charge < -0.3 is 10.1 Å². The molecule has 2 aliphatic rings. The topological polar surface area (TPSA) is 41.6 Å². The highest BCUT2D eigenvalue weighted by atomic mass is 16.5. The Morgan fingerprint density at radius 1 is 1.56 bits per heavy atom. The van der Waals surface area contributed by atoms with Crippen LogP contribution in [0.4, 0.5) is 0 Å². The zero-order valence-corrected chi connectivity index (χ0v) is 10.3. The van der Waals surface area contributed by atoms with Gasteiger partial charge in [-0.1, -0.05) is 6.92 Å². The van der Waals surface area contributed by atoms with Gasteiger partial charge in [0.25, 0.3) is 0 Å². The smallest absolute Gasteiger partial charge is 0.327 e. The van der Waals surface area contributed by atoms with E-state index in [1.807, 2.05) is 0 Å². The third-order valence-corrected chi connectivity index (χ3v) is 4.08. The molecule has 92 valence electrons. The Kier molecular flexibility index (Phi) is 3.50. The monoisotopic (exact) mass is 226 g/mol. The van der Waals surface area contributed by atoms with Crippen molar-refractivity contribution < 1.29 is 9.53 Å². The summed E-state index contributed by atoms with van der Waals surface area (Å²) in [5.41, 5.74) is -0.429. The second-order valence-electron chi connectivity index (χ2n) is 4.78. The minimum absolute atomic E-state index is 0.0737. The van der Waals surface area contributed by atoms with E-state index in [-0.39, 0.29) is 5.97 Å². The van der Waals surface area contributed by atoms with Gasteiger partial charge in [0.15, 0.2) is 0 Å². The fourth-order valence-electron chi connectivity index (χ4n) is 3.31. The summed E-state index contributed by atoms with van der Waals surface area (Å²) in [6.45, 7) is 5.23. The Labute approximate surface area is 97.3 Å². The maximum absolute atomic E-state index is 12.1. The largest absolute Gasteiger partial charge is 0.468 e. The fourth-order valence-corrected chi connectivity index (χ4v) is 3.31. The van der Waals surface area contributed by atoms with E-state index in [1.165, 1.54) is 13.5 Å². The van der Waals surface area contributed by atoms with E-state index in [4.69, 9.17) is 4.74 Å². The summed E-state index contributed by atoms with van der Waals surface area (Å²) in [6.07, 6.45) is 4.29. The summed E-state index contributed by atoms with van der Waals surface area (Å²) in [5, 5.41) is 3.41. The fraction of sp³-hybridized carbons (Fsp3) is 0.917. The van der Waals surface area contributed by atoms with Gasteiger partial charge in [0.05, 0.1) is 7.11 Å². The van der Waals surface area contributed by atoms with Crippen LogP contribution in [0.15, 0.2) is 0 Å². The van der Waals surface area contributed by atoms with E-state index in [0.717, 1.165) is 38.9 Å². The summed E-state index contributed by atoms with van der Waals surface area (Å²) in [5.74, 6) is -0.0737. The molecule has 2 rings (SSSR count). The summed E-state index contributed by atoms with van der Waals surface area (Å²) < 4.78 is 5.01. The molecular formula is C12H22N2O2. The summed E-state index contributed by atoms with van der Waals surface area (Å²) in [7, 11) is 1.50. The second kappa shape index (κ2) is 4.72. The van der Waals surface area contributed by atoms with Crippen LogP contribution in [-0.2, 0) is 9.53 Å². The predicted octanol–water partition coefficient (Wildman–Crippen LogP) is 0.766. The highest BCUT2D eigenvalue weighted by Crippen LogP contribution is 2.34. The van der Waals surface area contributed by atoms with Crippen molar-refractivity contribution in [1.82, 2.24) is 10.2 Å². The Morgan fingerprint density at radius 2 is 2.38 bits per heavy atom. The summed E-state index contributed by atoms with van der Waals surface area (Å²) in [4.78, 5) is 14.5. The summed E-state index contributed by atoms with van der Waals surface area (Å²) >= 11 is 0. The van der Waals surface area contributed by atoms with E-state index >= 15 is 0 Å². The van der Waals surface area contributed by atoms with E-state index in [1.54, 1.807) is 0 Å². The Bertz CT molecular complexity index is 262. The number of hydrogen-bond donors (Lipinski definition) is 1. The van der Waals surface area contributed by atoms with Gasteiger partial charge >= 0.3 is 5.97 Å². The van der Waals surface area contributed by atoms with Crippen LogP contribution < -0.4 is 5.32 Å². The van der Waals surface area contributed by atoms with Crippen molar-refractivity contribution in [2.24, 2.45) is 0 Å². The van der Waals surface area contributed by atoms with E-state index in [0.29, 0.717) is 6.04 Å². The number of likely N-dealkylation sites (tertiary alicyclic amines) is 1. The van der Waals surface area contributed by atoms with Crippen molar-refractivity contribution >= 4 is 5.97 Å². The molecule has 0 saturated carbocycles. The van der Waals surface area contributed by atoms with Gasteiger partial charge in [0.1, 0.15) is 5.54 Å². The number of carbonyl (C=O) groups is 1. The second-order valence-corrected chi connectivity index (χ2v) is 4.78. The first-order valence-electron chi connectivity index (χ1n) is 6.32. The van der Waals surface area contributed by atoms with Crippen molar-refractivity contribution in [3.05, 3.63) is 0 Å². The number of likely N-dealkylation sites (N-methyl/N-ethyl adjacent to an activating group) is 1. The molecule has 2 atom stereocenters. The first kappa shape index (κ1) is 11.9. The van der Waals surface area contributed by atoms with Gasteiger partial charge in [-0.05, 0) is 45.3 Å². The molecule has 2 aliphatic heterocycles. The molecule has 4 heteroatoms. The predicted molar refractivity (Wildman–Crippen MR) is 62.3 cm³/mol. The molecule has 0 aromatic heterocycles. The lowest BCUT2D eigenvalue weighted by Crippen LogP contribution is -2.61. The van der Waals surface area contributed by atoms with Crippen LogP contribution in [0.3, 0.4) is 0 Å². The molecule has 4 nitrogen and oxygen atoms in total. The first-order valence-corrected chi connectivity index (χ1v) is 6.32. The normalized spacial score (nSPS) is 35.5. The third-order valence-electron chi connectivity index (χ3n) is 4.08. The molecular weight excluding hydrogens is 204 g/mol. The lowest BCUT2D eigenvalue weighted by Gasteiger charge is -2.37. The first-order chi connectivity index (χ1) is 7.74. The van der Waals surface area contributed by atoms with Gasteiger partial charge in [-0.25, -0.2) is 4.79 Å².